The summed E-state index contributed by atoms with van der Waals surface area (Å²) in [5, 5.41) is 8.30. The summed E-state index contributed by atoms with van der Waals surface area (Å²) in [7, 11) is 4.31. The van der Waals surface area contributed by atoms with E-state index >= 15 is 0 Å². The van der Waals surface area contributed by atoms with E-state index in [4.69, 9.17) is 18.8 Å². The normalized spacial score (nSPS) is 18.7. The smallest absolute Gasteiger partial charge is 0.213 e. The van der Waals surface area contributed by atoms with Gasteiger partial charge in [0.2, 0.25) is 5.95 Å². The Morgan fingerprint density at radius 1 is 0.557 bits per heavy atom. The number of fused-ring (bicyclic) bond motifs is 5. The van der Waals surface area contributed by atoms with Crippen LogP contribution < -0.4 is 25.2 Å². The number of nitrogens with one attached hydrogen (secondary N) is 2. The molecule has 6 heterocycles. The maximum atomic E-state index is 8.91. The first-order valence-electron chi connectivity index (χ1n) is 31.4. The van der Waals surface area contributed by atoms with Crippen LogP contribution in [0.4, 0.5) is 22.7 Å². The molecular formula is C76H75B2N8OPt-3. The number of aryl methyl sites for hydroxylation is 1. The molecule has 0 saturated carbocycles. The van der Waals surface area contributed by atoms with Crippen molar-refractivity contribution < 1.29 is 29.9 Å². The van der Waals surface area contributed by atoms with Crippen LogP contribution in [0.2, 0.25) is 0 Å². The van der Waals surface area contributed by atoms with Crippen molar-refractivity contribution in [3.8, 4) is 28.8 Å². The van der Waals surface area contributed by atoms with Gasteiger partial charge in [-0.3, -0.25) is 4.98 Å². The van der Waals surface area contributed by atoms with Gasteiger partial charge in [0.05, 0.1) is 11.0 Å². The van der Waals surface area contributed by atoms with Crippen LogP contribution in [0.25, 0.3) is 61.0 Å². The minimum Gasteiger partial charge on any atom is -0.503 e. The predicted octanol–water partition coefficient (Wildman–Crippen LogP) is 18.1. The van der Waals surface area contributed by atoms with Crippen LogP contribution in [-0.4, -0.2) is 33.7 Å². The van der Waals surface area contributed by atoms with Crippen molar-refractivity contribution in [2.75, 3.05) is 9.80 Å². The summed E-state index contributed by atoms with van der Waals surface area (Å²) in [5.74, 6) is 4.97. The molecule has 12 rings (SSSR count). The van der Waals surface area contributed by atoms with Crippen LogP contribution in [-0.2, 0) is 49.7 Å². The maximum Gasteiger partial charge on any atom is 0.213 e. The molecule has 0 bridgehead atoms. The van der Waals surface area contributed by atoms with E-state index in [1.165, 1.54) is 21.3 Å². The van der Waals surface area contributed by atoms with Gasteiger partial charge in [-0.25, -0.2) is 4.98 Å². The number of allylic oxidation sites excluding steroid dienone is 8. The number of aromatic nitrogens is 4. The first-order valence-corrected chi connectivity index (χ1v) is 29.9. The second-order valence-corrected chi connectivity index (χ2v) is 26.6. The molecular weight excluding hydrogens is 1260 g/mol. The minimum absolute atomic E-state index is 0. The first kappa shape index (κ1) is 57.2. The Kier molecular flexibility index (Phi) is 15.7. The molecule has 88 heavy (non-hydrogen) atoms. The molecule has 0 aliphatic carbocycles. The molecule has 3 aromatic heterocycles. The Hall–Kier alpha value is -8.52. The number of benzene rings is 6. The van der Waals surface area contributed by atoms with Gasteiger partial charge in [0.1, 0.15) is 5.88 Å². The van der Waals surface area contributed by atoms with Crippen molar-refractivity contribution in [3.63, 3.8) is 0 Å². The number of ether oxygens (including phenoxy) is 1. The largest absolute Gasteiger partial charge is 0.503 e. The van der Waals surface area contributed by atoms with Gasteiger partial charge in [-0.05, 0) is 126 Å². The van der Waals surface area contributed by atoms with Gasteiger partial charge < -0.3 is 34.3 Å². The molecule has 9 aromatic rings. The number of nitrogens with zero attached hydrogens (tertiary/aromatic N) is 6. The van der Waals surface area contributed by atoms with Crippen molar-refractivity contribution in [2.45, 2.75) is 105 Å². The maximum absolute atomic E-state index is 8.91. The van der Waals surface area contributed by atoms with Crippen molar-refractivity contribution in [3.05, 3.63) is 253 Å². The van der Waals surface area contributed by atoms with E-state index < -0.39 is 6.98 Å². The van der Waals surface area contributed by atoms with E-state index in [9.17, 15) is 0 Å². The number of pyridine rings is 1. The fourth-order valence-corrected chi connectivity index (χ4v) is 11.6. The Morgan fingerprint density at radius 3 is 1.77 bits per heavy atom. The molecule has 0 amide bonds. The third-order valence-electron chi connectivity index (χ3n) is 16.2. The van der Waals surface area contributed by atoms with Crippen LogP contribution in [0.15, 0.2) is 201 Å². The Labute approximate surface area is 540 Å². The third kappa shape index (κ3) is 12.1. The van der Waals surface area contributed by atoms with E-state index in [0.29, 0.717) is 28.0 Å². The Bertz CT molecular complexity index is 4440. The monoisotopic (exact) mass is 1340 g/mol. The zero-order chi connectivity index (χ0) is 63.5. The number of imidazole rings is 1. The van der Waals surface area contributed by atoms with Gasteiger partial charge in [0, 0.05) is 85.3 Å². The van der Waals surface area contributed by atoms with Crippen LogP contribution in [0, 0.1) is 18.8 Å². The topological polar surface area (TPSA) is 75.4 Å². The van der Waals surface area contributed by atoms with E-state index in [2.05, 4.69) is 240 Å². The van der Waals surface area contributed by atoms with Gasteiger partial charge in [-0.15, -0.1) is 36.1 Å². The van der Waals surface area contributed by atoms with Crippen LogP contribution in [0.5, 0.6) is 11.6 Å². The molecule has 0 unspecified atom stereocenters. The van der Waals surface area contributed by atoms with E-state index in [-0.39, 0.29) is 54.6 Å². The molecule has 12 heteroatoms. The third-order valence-corrected chi connectivity index (χ3v) is 16.2. The summed E-state index contributed by atoms with van der Waals surface area (Å²) in [6, 6.07) is 47.0. The summed E-state index contributed by atoms with van der Waals surface area (Å²) in [4.78, 5) is 15.1. The first-order chi connectivity index (χ1) is 42.8. The number of anilines is 4. The molecule has 0 atom stereocenters. The fourth-order valence-electron chi connectivity index (χ4n) is 11.6. The molecule has 3 aliphatic rings. The van der Waals surface area contributed by atoms with Gasteiger partial charge >= 0.3 is 0 Å². The number of rotatable bonds is 8. The Morgan fingerprint density at radius 2 is 1.16 bits per heavy atom. The Balaban J connectivity index is 0.00000850. The molecule has 3 aliphatic heterocycles. The standard InChI is InChI=1S/C76H75B2N8O.Pt/c1-73(2,3)50-33-36-64-57(43-50)54-35-34-53(48-68(54)86(64)72-82-62-29-14-15-30-65(62)83(72)13)87-69-47-52(46-63(81-69)70-58(75(7,8)9)44-51(74(4,5)6)45-59(70)76(10,11)12)84-49-85(67-32-17-16-31-66(67)84)71-55(60-27-23-41-79-39-20-18-37-77-60)25-22-26-56(71)61-28-24-42-80-40-21-19-38-78-61;/h14-46,49,79-80H,1-13H3;/q-3;/b37-18-,38-19-,39-20-,40-21-,41-23-,42-24-,60-27-,61-28-;/i13D3;. The molecule has 9 nitrogen and oxygen atoms in total. The second-order valence-electron chi connectivity index (χ2n) is 26.6. The SMILES string of the molecule is [2H]C([2H])([2H])n1c(-n2c3[c-]c(Oc4[c-]c(N5[CH-]N(c6c(/C7=C/C=C\N/C=C\C=C/[B]7)cccc6/C6=C/C=C\N/C=C\C=C/[B]6)c6ccccc65)cc(-c5c(C(C)(C)C)cc(C(C)(C)C)cc5C(C)(C)C)n4)ccc3c3cc(C(C)(C)C)ccc32)nc2ccccc21.[Pt]. The number of hydrogen-bond acceptors (Lipinski definition) is 7. The zero-order valence-corrected chi connectivity index (χ0v) is 54.5. The molecule has 0 saturated heterocycles. The number of para-hydroxylation sites is 5. The van der Waals surface area contributed by atoms with Crippen LogP contribution >= 0.6 is 0 Å². The minimum atomic E-state index is -2.57. The molecule has 2 radical (unpaired) electrons. The molecule has 2 N–H and O–H groups in total. The number of hydrogen-bond donors (Lipinski definition) is 2. The fraction of sp³-hybridized carbons (Fsp3) is 0.224. The summed E-state index contributed by atoms with van der Waals surface area (Å²) in [6.45, 7) is 26.7. The molecule has 444 valence electrons. The van der Waals surface area contributed by atoms with Crippen molar-refractivity contribution in [1.82, 2.24) is 29.7 Å². The summed E-state index contributed by atoms with van der Waals surface area (Å²) >= 11 is 0. The van der Waals surface area contributed by atoms with E-state index in [1.54, 1.807) is 6.07 Å². The predicted molar refractivity (Wildman–Crippen MR) is 367 cm³/mol. The van der Waals surface area contributed by atoms with Gasteiger partial charge in [-0.1, -0.05) is 191 Å². The molecule has 0 fully saturated rings. The summed E-state index contributed by atoms with van der Waals surface area (Å²) in [5.41, 5.74) is 15.5. The summed E-state index contributed by atoms with van der Waals surface area (Å²) < 4.78 is 37.2. The average molecular weight is 1340 g/mol. The van der Waals surface area contributed by atoms with Crippen LogP contribution in [0.1, 0.15) is 121 Å². The summed E-state index contributed by atoms with van der Waals surface area (Å²) in [6.07, 6.45) is 24.0. The molecule has 0 spiro atoms. The second kappa shape index (κ2) is 24.2. The van der Waals surface area contributed by atoms with Crippen LogP contribution in [0.3, 0.4) is 0 Å². The van der Waals surface area contributed by atoms with E-state index in [0.717, 1.165) is 72.2 Å². The van der Waals surface area contributed by atoms with E-state index in [1.807, 2.05) is 96.2 Å². The average Bonchev–Trinajstić information content (AvgIpc) is 1.64. The van der Waals surface area contributed by atoms with Gasteiger partial charge in [0.25, 0.3) is 0 Å². The molecule has 6 aromatic carbocycles. The van der Waals surface area contributed by atoms with Crippen molar-refractivity contribution in [1.29, 1.82) is 0 Å². The van der Waals surface area contributed by atoms with Crippen molar-refractivity contribution in [2.24, 2.45) is 6.98 Å². The van der Waals surface area contributed by atoms with Crippen molar-refractivity contribution >= 4 is 81.1 Å². The zero-order valence-electron chi connectivity index (χ0n) is 55.2. The van der Waals surface area contributed by atoms with Gasteiger partial charge in [0.15, 0.2) is 14.6 Å². The quantitative estimate of drug-likeness (QED) is 0.116. The van der Waals surface area contributed by atoms with Gasteiger partial charge in [-0.2, -0.15) is 23.9 Å².